The van der Waals surface area contributed by atoms with Crippen molar-refractivity contribution in [2.24, 2.45) is 4.99 Å². The summed E-state index contributed by atoms with van der Waals surface area (Å²) in [7, 11) is 0. The van der Waals surface area contributed by atoms with Crippen LogP contribution in [0.25, 0.3) is 0 Å². The Morgan fingerprint density at radius 3 is 2.76 bits per heavy atom. The molecule has 0 aliphatic carbocycles. The van der Waals surface area contributed by atoms with E-state index in [9.17, 15) is 8.78 Å². The van der Waals surface area contributed by atoms with E-state index >= 15 is 0 Å². The van der Waals surface area contributed by atoms with Gasteiger partial charge in [-0.3, -0.25) is 0 Å². The first-order chi connectivity index (χ1) is 12.0. The Labute approximate surface area is 151 Å². The number of aromatic nitrogens is 1. The lowest BCUT2D eigenvalue weighted by molar-refractivity contribution is 0.585. The number of aliphatic imine (C=N–C) groups is 1. The SMILES string of the molecule is CCNC(=NCc1cc(F)ccc1F)NCCc1csc(C(C)C)n1. The van der Waals surface area contributed by atoms with Gasteiger partial charge in [-0.25, -0.2) is 18.8 Å². The van der Waals surface area contributed by atoms with Crippen LogP contribution in [-0.2, 0) is 13.0 Å². The molecule has 0 amide bonds. The minimum absolute atomic E-state index is 0.0765. The van der Waals surface area contributed by atoms with Crippen molar-refractivity contribution in [3.05, 3.63) is 51.5 Å². The summed E-state index contributed by atoms with van der Waals surface area (Å²) in [4.78, 5) is 8.91. The first-order valence-corrected chi connectivity index (χ1v) is 9.28. The molecule has 0 fully saturated rings. The van der Waals surface area contributed by atoms with Gasteiger partial charge in [0.05, 0.1) is 17.2 Å². The van der Waals surface area contributed by atoms with E-state index in [1.54, 1.807) is 11.3 Å². The molecule has 0 radical (unpaired) electrons. The third-order valence-corrected chi connectivity index (χ3v) is 4.69. The lowest BCUT2D eigenvalue weighted by Crippen LogP contribution is -2.38. The monoisotopic (exact) mass is 366 g/mol. The molecule has 0 aliphatic heterocycles. The van der Waals surface area contributed by atoms with Crippen LogP contribution >= 0.6 is 11.3 Å². The maximum absolute atomic E-state index is 13.7. The topological polar surface area (TPSA) is 49.3 Å². The second-order valence-corrected chi connectivity index (χ2v) is 6.83. The van der Waals surface area contributed by atoms with Crippen LogP contribution in [0.1, 0.15) is 43.0 Å². The fraction of sp³-hybridized carbons (Fsp3) is 0.444. The van der Waals surface area contributed by atoms with Crippen molar-refractivity contribution in [3.8, 4) is 0 Å². The number of rotatable bonds is 7. The number of thiazole rings is 1. The van der Waals surface area contributed by atoms with Crippen LogP contribution < -0.4 is 10.6 Å². The van der Waals surface area contributed by atoms with Gasteiger partial charge in [0, 0.05) is 36.4 Å². The van der Waals surface area contributed by atoms with Crippen LogP contribution in [0.5, 0.6) is 0 Å². The highest BCUT2D eigenvalue weighted by Gasteiger charge is 2.07. The van der Waals surface area contributed by atoms with E-state index in [0.29, 0.717) is 25.0 Å². The first kappa shape index (κ1) is 19.3. The molecule has 7 heteroatoms. The van der Waals surface area contributed by atoms with Gasteiger partial charge in [0.1, 0.15) is 11.6 Å². The fourth-order valence-corrected chi connectivity index (χ4v) is 3.05. The zero-order chi connectivity index (χ0) is 18.2. The summed E-state index contributed by atoms with van der Waals surface area (Å²) >= 11 is 1.68. The van der Waals surface area contributed by atoms with Crippen molar-refractivity contribution in [3.63, 3.8) is 0 Å². The number of nitrogens with zero attached hydrogens (tertiary/aromatic N) is 2. The standard InChI is InChI=1S/C18H24F2N4S/c1-4-21-18(23-10-13-9-14(19)5-6-16(13)20)22-8-7-15-11-25-17(24-15)12(2)3/h5-6,9,11-12H,4,7-8,10H2,1-3H3,(H2,21,22,23). The second-order valence-electron chi connectivity index (χ2n) is 5.94. The summed E-state index contributed by atoms with van der Waals surface area (Å²) in [5, 5.41) is 9.51. The molecule has 136 valence electrons. The number of benzene rings is 1. The van der Waals surface area contributed by atoms with Gasteiger partial charge in [-0.2, -0.15) is 0 Å². The number of hydrogen-bond donors (Lipinski definition) is 2. The van der Waals surface area contributed by atoms with Crippen LogP contribution in [0.4, 0.5) is 8.78 Å². The van der Waals surface area contributed by atoms with Crippen LogP contribution in [0, 0.1) is 11.6 Å². The summed E-state index contributed by atoms with van der Waals surface area (Å²) in [6, 6.07) is 3.39. The van der Waals surface area contributed by atoms with E-state index in [-0.39, 0.29) is 12.1 Å². The summed E-state index contributed by atoms with van der Waals surface area (Å²) < 4.78 is 26.9. The van der Waals surface area contributed by atoms with Gasteiger partial charge >= 0.3 is 0 Å². The molecule has 0 aliphatic rings. The van der Waals surface area contributed by atoms with E-state index in [1.165, 1.54) is 6.07 Å². The van der Waals surface area contributed by atoms with E-state index in [4.69, 9.17) is 0 Å². The molecule has 2 N–H and O–H groups in total. The summed E-state index contributed by atoms with van der Waals surface area (Å²) in [6.45, 7) is 7.64. The zero-order valence-corrected chi connectivity index (χ0v) is 15.6. The molecule has 1 aromatic carbocycles. The third-order valence-electron chi connectivity index (χ3n) is 3.50. The highest BCUT2D eigenvalue weighted by atomic mass is 32.1. The molecule has 25 heavy (non-hydrogen) atoms. The molecule has 0 saturated carbocycles. The molecule has 0 saturated heterocycles. The Hall–Kier alpha value is -2.02. The minimum atomic E-state index is -0.464. The van der Waals surface area contributed by atoms with Gasteiger partial charge < -0.3 is 10.6 Å². The largest absolute Gasteiger partial charge is 0.357 e. The maximum atomic E-state index is 13.7. The maximum Gasteiger partial charge on any atom is 0.191 e. The lowest BCUT2D eigenvalue weighted by atomic mass is 10.2. The summed E-state index contributed by atoms with van der Waals surface area (Å²) in [5.74, 6) is 0.0935. The fourth-order valence-electron chi connectivity index (χ4n) is 2.18. The second kappa shape index (κ2) is 9.46. The Balaban J connectivity index is 1.91. The van der Waals surface area contributed by atoms with Crippen LogP contribution in [-0.4, -0.2) is 24.0 Å². The molecular formula is C18H24F2N4S. The van der Waals surface area contributed by atoms with Gasteiger partial charge in [-0.15, -0.1) is 11.3 Å². The quantitative estimate of drug-likeness (QED) is 0.578. The molecule has 4 nitrogen and oxygen atoms in total. The molecule has 0 atom stereocenters. The van der Waals surface area contributed by atoms with Crippen molar-refractivity contribution >= 4 is 17.3 Å². The molecular weight excluding hydrogens is 342 g/mol. The van der Waals surface area contributed by atoms with E-state index < -0.39 is 11.6 Å². The van der Waals surface area contributed by atoms with Crippen molar-refractivity contribution in [2.45, 2.75) is 39.7 Å². The van der Waals surface area contributed by atoms with Gasteiger partial charge in [0.2, 0.25) is 0 Å². The van der Waals surface area contributed by atoms with E-state index in [2.05, 4.69) is 39.8 Å². The van der Waals surface area contributed by atoms with Gasteiger partial charge in [0.15, 0.2) is 5.96 Å². The summed E-state index contributed by atoms with van der Waals surface area (Å²) in [6.07, 6.45) is 0.780. The Bertz CT molecular complexity index is 713. The molecule has 0 bridgehead atoms. The zero-order valence-electron chi connectivity index (χ0n) is 14.8. The molecule has 0 unspecified atom stereocenters. The predicted molar refractivity (Wildman–Crippen MR) is 99.1 cm³/mol. The molecule has 0 spiro atoms. The Morgan fingerprint density at radius 2 is 2.08 bits per heavy atom. The molecule has 1 aromatic heterocycles. The third kappa shape index (κ3) is 6.08. The number of guanidine groups is 1. The molecule has 2 aromatic rings. The first-order valence-electron chi connectivity index (χ1n) is 8.40. The Morgan fingerprint density at radius 1 is 1.28 bits per heavy atom. The van der Waals surface area contributed by atoms with Crippen molar-refractivity contribution in [1.29, 1.82) is 0 Å². The molecule has 1 heterocycles. The average molecular weight is 366 g/mol. The number of halogens is 2. The van der Waals surface area contributed by atoms with E-state index in [0.717, 1.165) is 29.3 Å². The Kier molecular flexibility index (Phi) is 7.31. The number of hydrogen-bond acceptors (Lipinski definition) is 3. The summed E-state index contributed by atoms with van der Waals surface area (Å²) in [5.41, 5.74) is 1.28. The highest BCUT2D eigenvalue weighted by molar-refractivity contribution is 7.09. The minimum Gasteiger partial charge on any atom is -0.357 e. The lowest BCUT2D eigenvalue weighted by Gasteiger charge is -2.11. The van der Waals surface area contributed by atoms with Crippen LogP contribution in [0.3, 0.4) is 0 Å². The average Bonchev–Trinajstić information content (AvgIpc) is 3.04. The van der Waals surface area contributed by atoms with Gasteiger partial charge in [-0.05, 0) is 25.1 Å². The van der Waals surface area contributed by atoms with Crippen molar-refractivity contribution < 1.29 is 8.78 Å². The van der Waals surface area contributed by atoms with Crippen LogP contribution in [0.2, 0.25) is 0 Å². The highest BCUT2D eigenvalue weighted by Crippen LogP contribution is 2.19. The van der Waals surface area contributed by atoms with Crippen LogP contribution in [0.15, 0.2) is 28.6 Å². The normalized spacial score (nSPS) is 11.8. The van der Waals surface area contributed by atoms with Crippen molar-refractivity contribution in [2.75, 3.05) is 13.1 Å². The van der Waals surface area contributed by atoms with Crippen molar-refractivity contribution in [1.82, 2.24) is 15.6 Å². The predicted octanol–water partition coefficient (Wildman–Crippen LogP) is 3.84. The molecule has 2 rings (SSSR count). The van der Waals surface area contributed by atoms with Gasteiger partial charge in [-0.1, -0.05) is 13.8 Å². The smallest absolute Gasteiger partial charge is 0.191 e. The van der Waals surface area contributed by atoms with E-state index in [1.807, 2.05) is 6.92 Å². The van der Waals surface area contributed by atoms with Gasteiger partial charge in [0.25, 0.3) is 0 Å². The number of nitrogens with one attached hydrogen (secondary N) is 2.